The van der Waals surface area contributed by atoms with E-state index in [1.165, 1.54) is 24.8 Å². The monoisotopic (exact) mass is 443 g/mol. The van der Waals surface area contributed by atoms with Crippen molar-refractivity contribution in [3.63, 3.8) is 0 Å². The van der Waals surface area contributed by atoms with E-state index in [2.05, 4.69) is 33.0 Å². The molecule has 1 N–H and O–H groups in total. The first kappa shape index (κ1) is 24.7. The van der Waals surface area contributed by atoms with Gasteiger partial charge in [-0.3, -0.25) is 19.4 Å². The van der Waals surface area contributed by atoms with Gasteiger partial charge in [0.2, 0.25) is 0 Å². The average molecular weight is 444 g/mol. The fourth-order valence-electron chi connectivity index (χ4n) is 4.82. The lowest BCUT2D eigenvalue weighted by atomic mass is 10.1. The average Bonchev–Trinajstić information content (AvgIpc) is 3.24. The number of nitrogens with zero attached hydrogens (tertiary/aromatic N) is 4. The summed E-state index contributed by atoms with van der Waals surface area (Å²) < 4.78 is 0. The Morgan fingerprint density at radius 2 is 1.84 bits per heavy atom. The maximum absolute atomic E-state index is 13.1. The van der Waals surface area contributed by atoms with Gasteiger partial charge in [0.15, 0.2) is 0 Å². The molecule has 1 atom stereocenters. The van der Waals surface area contributed by atoms with Crippen LogP contribution in [0.3, 0.4) is 0 Å². The lowest BCUT2D eigenvalue weighted by Crippen LogP contribution is -2.48. The van der Waals surface area contributed by atoms with Gasteiger partial charge in [-0.1, -0.05) is 25.5 Å². The SMILES string of the molecule is CCN1CCCC1CN(CCN(C)C)C(=O)C(=O)Nc1cccc(CN2CCCCC2)c1. The molecule has 7 nitrogen and oxygen atoms in total. The van der Waals surface area contributed by atoms with Crippen LogP contribution in [0.4, 0.5) is 5.69 Å². The van der Waals surface area contributed by atoms with Gasteiger partial charge in [-0.05, 0) is 83.7 Å². The van der Waals surface area contributed by atoms with Crippen LogP contribution in [0.2, 0.25) is 0 Å². The maximum Gasteiger partial charge on any atom is 0.313 e. The predicted octanol–water partition coefficient (Wildman–Crippen LogP) is 2.49. The third kappa shape index (κ3) is 7.29. The largest absolute Gasteiger partial charge is 0.332 e. The number of hydrogen-bond acceptors (Lipinski definition) is 5. The van der Waals surface area contributed by atoms with Gasteiger partial charge in [0.1, 0.15) is 0 Å². The van der Waals surface area contributed by atoms with E-state index >= 15 is 0 Å². The standard InChI is InChI=1S/C25H41N5O2/c1-4-29-15-9-12-23(29)20-30(17-16-27(2)3)25(32)24(31)26-22-11-8-10-21(18-22)19-28-13-6-5-7-14-28/h8,10-11,18,23H,4-7,9,12-17,19-20H2,1-3H3,(H,26,31). The molecule has 2 aliphatic heterocycles. The van der Waals surface area contributed by atoms with Crippen molar-refractivity contribution in [2.75, 3.05) is 65.2 Å². The van der Waals surface area contributed by atoms with Crippen LogP contribution >= 0.6 is 0 Å². The first-order chi connectivity index (χ1) is 15.5. The van der Waals surface area contributed by atoms with Crippen molar-refractivity contribution in [2.24, 2.45) is 0 Å². The Bertz CT molecular complexity index is 748. The number of rotatable bonds is 9. The van der Waals surface area contributed by atoms with Gasteiger partial charge in [0, 0.05) is 37.9 Å². The number of carbonyl (C=O) groups excluding carboxylic acids is 2. The molecule has 2 heterocycles. The molecule has 2 aliphatic rings. The summed E-state index contributed by atoms with van der Waals surface area (Å²) in [4.78, 5) is 34.7. The number of nitrogens with one attached hydrogen (secondary N) is 1. The molecule has 178 valence electrons. The maximum atomic E-state index is 13.1. The Balaban J connectivity index is 1.61. The number of likely N-dealkylation sites (tertiary alicyclic amines) is 2. The van der Waals surface area contributed by atoms with Gasteiger partial charge < -0.3 is 15.1 Å². The second-order valence-electron chi connectivity index (χ2n) is 9.47. The molecule has 2 saturated heterocycles. The van der Waals surface area contributed by atoms with E-state index in [1.54, 1.807) is 4.90 Å². The van der Waals surface area contributed by atoms with Crippen LogP contribution in [0.5, 0.6) is 0 Å². The number of anilines is 1. The molecule has 2 amide bonds. The van der Waals surface area contributed by atoms with Gasteiger partial charge in [-0.2, -0.15) is 0 Å². The molecular weight excluding hydrogens is 402 g/mol. The molecule has 0 aromatic heterocycles. The quantitative estimate of drug-likeness (QED) is 0.594. The normalized spacial score (nSPS) is 19.9. The van der Waals surface area contributed by atoms with Crippen LogP contribution in [0.25, 0.3) is 0 Å². The van der Waals surface area contributed by atoms with Crippen molar-refractivity contribution in [1.82, 2.24) is 19.6 Å². The molecule has 32 heavy (non-hydrogen) atoms. The predicted molar refractivity (Wildman–Crippen MR) is 130 cm³/mol. The third-order valence-electron chi connectivity index (χ3n) is 6.67. The number of piperidine rings is 1. The van der Waals surface area contributed by atoms with E-state index in [4.69, 9.17) is 0 Å². The summed E-state index contributed by atoms with van der Waals surface area (Å²) in [5.74, 6) is -0.976. The number of likely N-dealkylation sites (N-methyl/N-ethyl adjacent to an activating group) is 2. The Kier molecular flexibility index (Phi) is 9.51. The van der Waals surface area contributed by atoms with Crippen molar-refractivity contribution < 1.29 is 9.59 Å². The molecule has 1 aromatic carbocycles. The van der Waals surface area contributed by atoms with Crippen molar-refractivity contribution in [1.29, 1.82) is 0 Å². The fourth-order valence-corrected chi connectivity index (χ4v) is 4.82. The molecule has 1 unspecified atom stereocenters. The molecular formula is C25H41N5O2. The van der Waals surface area contributed by atoms with Crippen LogP contribution in [0, 0.1) is 0 Å². The lowest BCUT2D eigenvalue weighted by molar-refractivity contribution is -0.143. The Morgan fingerprint density at radius 1 is 1.06 bits per heavy atom. The molecule has 0 aliphatic carbocycles. The number of hydrogen-bond donors (Lipinski definition) is 1. The highest BCUT2D eigenvalue weighted by Crippen LogP contribution is 2.19. The van der Waals surface area contributed by atoms with Crippen LogP contribution in [0.1, 0.15) is 44.6 Å². The second kappa shape index (κ2) is 12.3. The Labute approximate surface area is 193 Å². The van der Waals surface area contributed by atoms with E-state index in [9.17, 15) is 9.59 Å². The smallest absolute Gasteiger partial charge is 0.313 e. The van der Waals surface area contributed by atoms with Gasteiger partial charge >= 0.3 is 11.8 Å². The third-order valence-corrected chi connectivity index (χ3v) is 6.67. The van der Waals surface area contributed by atoms with E-state index in [-0.39, 0.29) is 0 Å². The number of amides is 2. The van der Waals surface area contributed by atoms with Gasteiger partial charge in [-0.15, -0.1) is 0 Å². The van der Waals surface area contributed by atoms with Crippen LogP contribution in [0.15, 0.2) is 24.3 Å². The number of carbonyl (C=O) groups is 2. The van der Waals surface area contributed by atoms with Crippen molar-refractivity contribution in [3.8, 4) is 0 Å². The van der Waals surface area contributed by atoms with Crippen molar-refractivity contribution in [2.45, 2.75) is 51.6 Å². The van der Waals surface area contributed by atoms with E-state index in [0.29, 0.717) is 24.8 Å². The summed E-state index contributed by atoms with van der Waals surface area (Å²) in [6.45, 7) is 9.28. The van der Waals surface area contributed by atoms with Crippen LogP contribution in [-0.2, 0) is 16.1 Å². The minimum absolute atomic E-state index is 0.340. The highest BCUT2D eigenvalue weighted by atomic mass is 16.2. The summed E-state index contributed by atoms with van der Waals surface area (Å²) in [5.41, 5.74) is 1.87. The summed E-state index contributed by atoms with van der Waals surface area (Å²) in [5, 5.41) is 2.86. The highest BCUT2D eigenvalue weighted by molar-refractivity contribution is 6.39. The van der Waals surface area contributed by atoms with Gasteiger partial charge in [0.05, 0.1) is 0 Å². The van der Waals surface area contributed by atoms with Crippen molar-refractivity contribution >= 4 is 17.5 Å². The zero-order chi connectivity index (χ0) is 22.9. The second-order valence-corrected chi connectivity index (χ2v) is 9.47. The van der Waals surface area contributed by atoms with Crippen LogP contribution < -0.4 is 5.32 Å². The first-order valence-electron chi connectivity index (χ1n) is 12.3. The van der Waals surface area contributed by atoms with Gasteiger partial charge in [-0.25, -0.2) is 0 Å². The summed E-state index contributed by atoms with van der Waals surface area (Å²) in [6.07, 6.45) is 6.06. The molecule has 0 saturated carbocycles. The van der Waals surface area contributed by atoms with E-state index in [1.807, 2.05) is 32.3 Å². The molecule has 3 rings (SSSR count). The minimum Gasteiger partial charge on any atom is -0.332 e. The van der Waals surface area contributed by atoms with Crippen LogP contribution in [-0.4, -0.2) is 97.4 Å². The Morgan fingerprint density at radius 3 is 2.56 bits per heavy atom. The fraction of sp³-hybridized carbons (Fsp3) is 0.680. The van der Waals surface area contributed by atoms with E-state index < -0.39 is 11.8 Å². The van der Waals surface area contributed by atoms with E-state index in [0.717, 1.165) is 52.1 Å². The number of benzene rings is 1. The lowest BCUT2D eigenvalue weighted by Gasteiger charge is -2.30. The molecule has 0 bridgehead atoms. The zero-order valence-electron chi connectivity index (χ0n) is 20.2. The molecule has 1 aromatic rings. The topological polar surface area (TPSA) is 59.1 Å². The Hall–Kier alpha value is -1.96. The summed E-state index contributed by atoms with van der Waals surface area (Å²) in [7, 11) is 3.98. The van der Waals surface area contributed by atoms with Crippen molar-refractivity contribution in [3.05, 3.63) is 29.8 Å². The summed E-state index contributed by atoms with van der Waals surface area (Å²) >= 11 is 0. The first-order valence-corrected chi connectivity index (χ1v) is 12.3. The summed E-state index contributed by atoms with van der Waals surface area (Å²) in [6, 6.07) is 8.26. The highest BCUT2D eigenvalue weighted by Gasteiger charge is 2.29. The van der Waals surface area contributed by atoms with Gasteiger partial charge in [0.25, 0.3) is 0 Å². The molecule has 0 spiro atoms. The zero-order valence-corrected chi connectivity index (χ0v) is 20.2. The molecule has 0 radical (unpaired) electrons. The minimum atomic E-state index is -0.542. The molecule has 2 fully saturated rings. The molecule has 7 heteroatoms.